The van der Waals surface area contributed by atoms with Crippen LogP contribution in [0.15, 0.2) is 59.6 Å². The number of benzene rings is 2. The highest BCUT2D eigenvalue weighted by molar-refractivity contribution is 8.00. The van der Waals surface area contributed by atoms with Crippen LogP contribution in [0.2, 0.25) is 5.02 Å². The Kier molecular flexibility index (Phi) is 8.28. The number of nitrogens with zero attached hydrogens (tertiary/aromatic N) is 3. The Bertz CT molecular complexity index is 1380. The first-order chi connectivity index (χ1) is 18.1. The Labute approximate surface area is 226 Å². The first kappa shape index (κ1) is 25.6. The quantitative estimate of drug-likeness (QED) is 0.215. The van der Waals surface area contributed by atoms with Gasteiger partial charge in [-0.15, -0.1) is 0 Å². The summed E-state index contributed by atoms with van der Waals surface area (Å²) in [4.78, 5) is 15.1. The number of pyridine rings is 1. The molecule has 1 aliphatic carbocycles. The number of hydrogen-bond acceptors (Lipinski definition) is 8. The van der Waals surface area contributed by atoms with Crippen molar-refractivity contribution in [2.24, 2.45) is 0 Å². The highest BCUT2D eigenvalue weighted by atomic mass is 35.5. The number of aromatic nitrogens is 3. The smallest absolute Gasteiger partial charge is 0.223 e. The highest BCUT2D eigenvalue weighted by Crippen LogP contribution is 2.35. The van der Waals surface area contributed by atoms with Gasteiger partial charge in [0.15, 0.2) is 0 Å². The fourth-order valence-electron chi connectivity index (χ4n) is 4.65. The maximum Gasteiger partial charge on any atom is 0.223 e. The van der Waals surface area contributed by atoms with Crippen molar-refractivity contribution < 1.29 is 9.47 Å². The summed E-state index contributed by atoms with van der Waals surface area (Å²) in [5.74, 6) is 1.87. The monoisotopic (exact) mass is 535 g/mol. The van der Waals surface area contributed by atoms with Crippen molar-refractivity contribution in [3.05, 3.63) is 65.3 Å². The number of halogens is 1. The van der Waals surface area contributed by atoms with Gasteiger partial charge in [-0.2, -0.15) is 4.98 Å². The van der Waals surface area contributed by atoms with E-state index in [0.29, 0.717) is 35.3 Å². The van der Waals surface area contributed by atoms with Crippen LogP contribution in [0.3, 0.4) is 0 Å². The van der Waals surface area contributed by atoms with Crippen LogP contribution in [0.1, 0.15) is 37.7 Å². The van der Waals surface area contributed by atoms with Crippen molar-refractivity contribution in [3.63, 3.8) is 0 Å². The third-order valence-electron chi connectivity index (χ3n) is 6.47. The van der Waals surface area contributed by atoms with Crippen molar-refractivity contribution in [1.82, 2.24) is 15.0 Å². The van der Waals surface area contributed by atoms with Gasteiger partial charge in [-0.05, 0) is 66.8 Å². The zero-order valence-corrected chi connectivity index (χ0v) is 22.5. The molecule has 1 saturated carbocycles. The molecule has 0 spiro atoms. The van der Waals surface area contributed by atoms with Crippen LogP contribution in [0.4, 0.5) is 11.8 Å². The predicted octanol–water partition coefficient (Wildman–Crippen LogP) is 7.36. The van der Waals surface area contributed by atoms with Crippen molar-refractivity contribution in [3.8, 4) is 17.0 Å². The summed E-state index contributed by atoms with van der Waals surface area (Å²) in [6.45, 7) is 0.439. The maximum atomic E-state index is 6.27. The van der Waals surface area contributed by atoms with Gasteiger partial charge >= 0.3 is 0 Å². The number of fused-ring (bicyclic) bond motifs is 1. The van der Waals surface area contributed by atoms with Crippen molar-refractivity contribution in [2.45, 2.75) is 49.6 Å². The topological polar surface area (TPSA) is 81.2 Å². The lowest BCUT2D eigenvalue weighted by atomic mass is 9.96. The second-order valence-corrected chi connectivity index (χ2v) is 10.3. The molecule has 0 radical (unpaired) electrons. The summed E-state index contributed by atoms with van der Waals surface area (Å²) in [6.07, 6.45) is 8.04. The minimum atomic E-state index is 0.439. The summed E-state index contributed by atoms with van der Waals surface area (Å²) in [6, 6.07) is 16.2. The summed E-state index contributed by atoms with van der Waals surface area (Å²) < 4.78 is 14.4. The van der Waals surface area contributed by atoms with Crippen LogP contribution >= 0.6 is 23.5 Å². The Morgan fingerprint density at radius 1 is 1.03 bits per heavy atom. The van der Waals surface area contributed by atoms with Crippen LogP contribution in [0, 0.1) is 0 Å². The van der Waals surface area contributed by atoms with E-state index in [2.05, 4.69) is 32.1 Å². The molecule has 0 aliphatic heterocycles. The van der Waals surface area contributed by atoms with Gasteiger partial charge in [0.25, 0.3) is 0 Å². The fraction of sp³-hybridized carbons (Fsp3) is 0.321. The molecule has 4 aromatic rings. The second-order valence-electron chi connectivity index (χ2n) is 9.07. The molecule has 2 N–H and O–H groups in total. The van der Waals surface area contributed by atoms with E-state index in [-0.39, 0.29) is 0 Å². The van der Waals surface area contributed by atoms with Gasteiger partial charge in [-0.25, -0.2) is 9.97 Å². The molecule has 2 heterocycles. The van der Waals surface area contributed by atoms with E-state index in [1.54, 1.807) is 14.2 Å². The molecule has 9 heteroatoms. The molecular weight excluding hydrogens is 506 g/mol. The second kappa shape index (κ2) is 12.0. The molecule has 0 bridgehead atoms. The Hall–Kier alpha value is -3.07. The van der Waals surface area contributed by atoms with Gasteiger partial charge in [0.05, 0.1) is 24.3 Å². The van der Waals surface area contributed by atoms with Gasteiger partial charge in [0.1, 0.15) is 5.82 Å². The Morgan fingerprint density at radius 3 is 2.65 bits per heavy atom. The molecule has 37 heavy (non-hydrogen) atoms. The number of ether oxygens (including phenoxy) is 2. The molecule has 0 unspecified atom stereocenters. The SMILES string of the molecule is COCc1cc(-c2ccc(NSc3ccccc3Cl)nc2OC)cc2cnc(NC3CCCCC3)nc12. The third kappa shape index (κ3) is 6.09. The van der Waals surface area contributed by atoms with E-state index < -0.39 is 0 Å². The van der Waals surface area contributed by atoms with Crippen LogP contribution in [-0.2, 0) is 11.3 Å². The molecule has 7 nitrogen and oxygen atoms in total. The molecule has 0 amide bonds. The normalized spacial score (nSPS) is 14.0. The molecule has 0 saturated heterocycles. The number of anilines is 2. The minimum absolute atomic E-state index is 0.439. The van der Waals surface area contributed by atoms with Crippen LogP contribution in [0.25, 0.3) is 22.0 Å². The van der Waals surface area contributed by atoms with E-state index in [0.717, 1.165) is 32.5 Å². The standard InChI is InChI=1S/C28H30ClN5O2S/c1-35-17-20-15-18(14-19-16-30-28(33-26(19)20)31-21-8-4-3-5-9-21)22-12-13-25(32-27(22)36-2)34-37-24-11-7-6-10-23(24)29/h6-7,10-16,21H,3-5,8-9,17H2,1-2H3,(H,32,34)(H,30,31,33). The van der Waals surface area contributed by atoms with Crippen LogP contribution in [-0.4, -0.2) is 35.2 Å². The summed E-state index contributed by atoms with van der Waals surface area (Å²) in [7, 11) is 3.32. The molecule has 0 atom stereocenters. The van der Waals surface area contributed by atoms with E-state index >= 15 is 0 Å². The van der Waals surface area contributed by atoms with Gasteiger partial charge in [-0.3, -0.25) is 0 Å². The summed E-state index contributed by atoms with van der Waals surface area (Å²) in [5, 5.41) is 5.16. The van der Waals surface area contributed by atoms with Crippen molar-refractivity contribution in [2.75, 3.05) is 24.3 Å². The Balaban J connectivity index is 1.43. The van der Waals surface area contributed by atoms with Crippen molar-refractivity contribution in [1.29, 1.82) is 0 Å². The van der Waals surface area contributed by atoms with Gasteiger partial charge in [-0.1, -0.05) is 43.0 Å². The van der Waals surface area contributed by atoms with Gasteiger partial charge in [0, 0.05) is 40.8 Å². The minimum Gasteiger partial charge on any atom is -0.480 e. The average molecular weight is 536 g/mol. The number of rotatable bonds is 9. The zero-order valence-electron chi connectivity index (χ0n) is 21.0. The van der Waals surface area contributed by atoms with E-state index in [1.807, 2.05) is 42.6 Å². The molecule has 5 rings (SSSR count). The third-order valence-corrected chi connectivity index (χ3v) is 7.80. The van der Waals surface area contributed by atoms with Gasteiger partial charge < -0.3 is 19.5 Å². The predicted molar refractivity (Wildman–Crippen MR) is 151 cm³/mol. The van der Waals surface area contributed by atoms with Gasteiger partial charge in [0.2, 0.25) is 11.8 Å². The molecule has 2 aromatic heterocycles. The Morgan fingerprint density at radius 2 is 1.86 bits per heavy atom. The summed E-state index contributed by atoms with van der Waals surface area (Å²) >= 11 is 7.68. The number of methoxy groups -OCH3 is 2. The average Bonchev–Trinajstić information content (AvgIpc) is 2.93. The lowest BCUT2D eigenvalue weighted by molar-refractivity contribution is 0.186. The maximum absolute atomic E-state index is 6.27. The molecular formula is C28H30ClN5O2S. The number of nitrogens with one attached hydrogen (secondary N) is 2. The first-order valence-electron chi connectivity index (χ1n) is 12.4. The van der Waals surface area contributed by atoms with Crippen LogP contribution in [0.5, 0.6) is 5.88 Å². The first-order valence-corrected chi connectivity index (χ1v) is 13.6. The lowest BCUT2D eigenvalue weighted by Crippen LogP contribution is -2.23. The lowest BCUT2D eigenvalue weighted by Gasteiger charge is -2.22. The summed E-state index contributed by atoms with van der Waals surface area (Å²) in [5.41, 5.74) is 3.72. The van der Waals surface area contributed by atoms with E-state index in [4.69, 9.17) is 26.1 Å². The van der Waals surface area contributed by atoms with E-state index in [9.17, 15) is 0 Å². The highest BCUT2D eigenvalue weighted by Gasteiger charge is 2.17. The largest absolute Gasteiger partial charge is 0.480 e. The molecule has 1 aliphatic rings. The number of hydrogen-bond donors (Lipinski definition) is 2. The van der Waals surface area contributed by atoms with E-state index in [1.165, 1.54) is 44.1 Å². The molecule has 2 aromatic carbocycles. The fourth-order valence-corrected chi connectivity index (χ4v) is 5.54. The van der Waals surface area contributed by atoms with Crippen molar-refractivity contribution >= 4 is 46.2 Å². The zero-order chi connectivity index (χ0) is 25.6. The molecule has 192 valence electrons. The molecule has 1 fully saturated rings. The van der Waals surface area contributed by atoms with Crippen LogP contribution < -0.4 is 14.8 Å².